The molecule has 0 saturated heterocycles. The number of hydrogen-bond donors (Lipinski definition) is 2. The molecule has 1 aliphatic rings. The van der Waals surface area contributed by atoms with E-state index in [9.17, 15) is 0 Å². The molecule has 0 bridgehead atoms. The molecule has 0 spiro atoms. The predicted octanol–water partition coefficient (Wildman–Crippen LogP) is 2.68. The Balaban J connectivity index is 0.00000106. The van der Waals surface area contributed by atoms with Crippen molar-refractivity contribution in [3.05, 3.63) is 47.2 Å². The zero-order valence-electron chi connectivity index (χ0n) is 12.8. The molecule has 1 aromatic rings. The molecule has 5 heteroatoms. The molecule has 2 rings (SSSR count). The summed E-state index contributed by atoms with van der Waals surface area (Å²) in [5.74, 6) is 0.588. The van der Waals surface area contributed by atoms with Crippen LogP contribution < -0.4 is 11.5 Å². The topological polar surface area (TPSA) is 67.6 Å². The Labute approximate surface area is 132 Å². The summed E-state index contributed by atoms with van der Waals surface area (Å²) >= 11 is 5.94. The van der Waals surface area contributed by atoms with E-state index >= 15 is 0 Å². The minimum absolute atomic E-state index is 0.0965. The highest BCUT2D eigenvalue weighted by Gasteiger charge is 2.18. The number of halogens is 1. The Hall–Kier alpha value is -1.52. The SMILES string of the molecule is CC.NC(N)=NC1=C(CCl)CCN(Cc2ccccc2)C1. The Morgan fingerprint density at radius 1 is 1.24 bits per heavy atom. The molecular weight excluding hydrogens is 284 g/mol. The summed E-state index contributed by atoms with van der Waals surface area (Å²) in [6.07, 6.45) is 0.919. The first-order chi connectivity index (χ1) is 10.2. The standard InChI is InChI=1S/C14H19ClN4.C2H6/c15-8-12-6-7-19(10-13(12)18-14(16)17)9-11-4-2-1-3-5-11;1-2/h1-5H,6-10H2,(H4,16,17,18);1-2H3. The fourth-order valence-electron chi connectivity index (χ4n) is 2.23. The van der Waals surface area contributed by atoms with Gasteiger partial charge in [-0.2, -0.15) is 0 Å². The normalized spacial score (nSPS) is 15.2. The van der Waals surface area contributed by atoms with Gasteiger partial charge in [-0.3, -0.25) is 4.90 Å². The van der Waals surface area contributed by atoms with Crippen molar-refractivity contribution in [2.24, 2.45) is 16.5 Å². The van der Waals surface area contributed by atoms with E-state index in [2.05, 4.69) is 34.2 Å². The molecule has 116 valence electrons. The second kappa shape index (κ2) is 9.42. The van der Waals surface area contributed by atoms with Crippen LogP contribution >= 0.6 is 11.6 Å². The predicted molar refractivity (Wildman–Crippen MR) is 91.2 cm³/mol. The summed E-state index contributed by atoms with van der Waals surface area (Å²) in [5.41, 5.74) is 14.3. The van der Waals surface area contributed by atoms with E-state index in [-0.39, 0.29) is 5.96 Å². The molecule has 1 heterocycles. The molecule has 0 amide bonds. The Kier molecular flexibility index (Phi) is 7.87. The van der Waals surface area contributed by atoms with Gasteiger partial charge in [-0.1, -0.05) is 44.2 Å². The lowest BCUT2D eigenvalue weighted by Crippen LogP contribution is -2.33. The Morgan fingerprint density at radius 2 is 1.90 bits per heavy atom. The lowest BCUT2D eigenvalue weighted by Gasteiger charge is -2.28. The second-order valence-electron chi connectivity index (χ2n) is 4.67. The summed E-state index contributed by atoms with van der Waals surface area (Å²) in [6.45, 7) is 6.63. The van der Waals surface area contributed by atoms with Gasteiger partial charge in [0.05, 0.1) is 5.70 Å². The first-order valence-electron chi connectivity index (χ1n) is 7.32. The van der Waals surface area contributed by atoms with Gasteiger partial charge in [0.15, 0.2) is 5.96 Å². The number of alkyl halides is 1. The van der Waals surface area contributed by atoms with Gasteiger partial charge in [-0.15, -0.1) is 11.6 Å². The number of hydrogen-bond acceptors (Lipinski definition) is 2. The molecule has 4 N–H and O–H groups in total. The van der Waals surface area contributed by atoms with Crippen molar-refractivity contribution in [2.45, 2.75) is 26.8 Å². The maximum atomic E-state index is 5.94. The zero-order chi connectivity index (χ0) is 15.7. The van der Waals surface area contributed by atoms with Crippen LogP contribution in [0.15, 0.2) is 46.6 Å². The second-order valence-corrected chi connectivity index (χ2v) is 4.93. The molecule has 21 heavy (non-hydrogen) atoms. The van der Waals surface area contributed by atoms with Gasteiger partial charge in [0.25, 0.3) is 0 Å². The first kappa shape index (κ1) is 17.5. The highest BCUT2D eigenvalue weighted by molar-refractivity contribution is 6.19. The fraction of sp³-hybridized carbons (Fsp3) is 0.438. The molecular formula is C16H25ClN4. The maximum absolute atomic E-state index is 5.94. The van der Waals surface area contributed by atoms with Gasteiger partial charge >= 0.3 is 0 Å². The Bertz CT molecular complexity index is 478. The van der Waals surface area contributed by atoms with Crippen molar-refractivity contribution in [3.8, 4) is 0 Å². The molecule has 0 unspecified atom stereocenters. The fourth-order valence-corrected chi connectivity index (χ4v) is 2.52. The monoisotopic (exact) mass is 308 g/mol. The van der Waals surface area contributed by atoms with Crippen molar-refractivity contribution in [3.63, 3.8) is 0 Å². The highest BCUT2D eigenvalue weighted by atomic mass is 35.5. The van der Waals surface area contributed by atoms with E-state index in [0.717, 1.165) is 37.3 Å². The van der Waals surface area contributed by atoms with Crippen LogP contribution in [0, 0.1) is 0 Å². The minimum Gasteiger partial charge on any atom is -0.370 e. The third-order valence-electron chi connectivity index (χ3n) is 3.19. The third kappa shape index (κ3) is 5.78. The largest absolute Gasteiger partial charge is 0.370 e. The van der Waals surface area contributed by atoms with Gasteiger partial charge < -0.3 is 11.5 Å². The summed E-state index contributed by atoms with van der Waals surface area (Å²) < 4.78 is 0. The van der Waals surface area contributed by atoms with E-state index in [1.807, 2.05) is 19.9 Å². The number of rotatable bonds is 4. The third-order valence-corrected chi connectivity index (χ3v) is 3.51. The van der Waals surface area contributed by atoms with Gasteiger partial charge in [0, 0.05) is 25.5 Å². The average Bonchev–Trinajstić information content (AvgIpc) is 2.50. The van der Waals surface area contributed by atoms with Crippen molar-refractivity contribution in [2.75, 3.05) is 19.0 Å². The maximum Gasteiger partial charge on any atom is 0.190 e. The summed E-state index contributed by atoms with van der Waals surface area (Å²) in [6, 6.07) is 10.4. The van der Waals surface area contributed by atoms with Crippen LogP contribution in [0.3, 0.4) is 0 Å². The quantitative estimate of drug-likeness (QED) is 0.510. The summed E-state index contributed by atoms with van der Waals surface area (Å²) in [4.78, 5) is 6.53. The number of aliphatic imine (C=N–C) groups is 1. The molecule has 0 aromatic heterocycles. The van der Waals surface area contributed by atoms with Crippen LogP contribution in [0.1, 0.15) is 25.8 Å². The van der Waals surface area contributed by atoms with Crippen molar-refractivity contribution >= 4 is 17.6 Å². The van der Waals surface area contributed by atoms with Crippen molar-refractivity contribution in [1.82, 2.24) is 4.90 Å². The van der Waals surface area contributed by atoms with Crippen LogP contribution in [-0.4, -0.2) is 29.8 Å². The molecule has 4 nitrogen and oxygen atoms in total. The molecule has 1 aromatic carbocycles. The van der Waals surface area contributed by atoms with E-state index < -0.39 is 0 Å². The van der Waals surface area contributed by atoms with Gasteiger partial charge in [-0.05, 0) is 17.6 Å². The lowest BCUT2D eigenvalue weighted by molar-refractivity contribution is 0.276. The van der Waals surface area contributed by atoms with E-state index in [0.29, 0.717) is 5.88 Å². The van der Waals surface area contributed by atoms with Crippen LogP contribution in [0.4, 0.5) is 0 Å². The summed E-state index contributed by atoms with van der Waals surface area (Å²) in [7, 11) is 0. The molecule has 1 aliphatic heterocycles. The number of nitrogens with two attached hydrogens (primary N) is 2. The molecule has 0 fully saturated rings. The van der Waals surface area contributed by atoms with Crippen LogP contribution in [0.5, 0.6) is 0 Å². The molecule has 0 radical (unpaired) electrons. The minimum atomic E-state index is 0.0965. The van der Waals surface area contributed by atoms with Gasteiger partial charge in [0.2, 0.25) is 0 Å². The van der Waals surface area contributed by atoms with Crippen LogP contribution in [0.25, 0.3) is 0 Å². The lowest BCUT2D eigenvalue weighted by atomic mass is 10.1. The van der Waals surface area contributed by atoms with E-state index in [1.54, 1.807) is 0 Å². The van der Waals surface area contributed by atoms with Crippen molar-refractivity contribution < 1.29 is 0 Å². The molecule has 0 atom stereocenters. The van der Waals surface area contributed by atoms with E-state index in [1.165, 1.54) is 5.56 Å². The zero-order valence-corrected chi connectivity index (χ0v) is 13.6. The Morgan fingerprint density at radius 3 is 2.48 bits per heavy atom. The van der Waals surface area contributed by atoms with Crippen LogP contribution in [-0.2, 0) is 6.54 Å². The van der Waals surface area contributed by atoms with E-state index in [4.69, 9.17) is 23.1 Å². The number of nitrogens with zero attached hydrogens (tertiary/aromatic N) is 2. The van der Waals surface area contributed by atoms with Crippen LogP contribution in [0.2, 0.25) is 0 Å². The molecule has 0 saturated carbocycles. The number of guanidine groups is 1. The average molecular weight is 309 g/mol. The first-order valence-corrected chi connectivity index (χ1v) is 7.85. The highest BCUT2D eigenvalue weighted by Crippen LogP contribution is 2.21. The van der Waals surface area contributed by atoms with Crippen molar-refractivity contribution in [1.29, 1.82) is 0 Å². The summed E-state index contributed by atoms with van der Waals surface area (Å²) in [5, 5.41) is 0. The number of benzene rings is 1. The van der Waals surface area contributed by atoms with Gasteiger partial charge in [-0.25, -0.2) is 4.99 Å². The smallest absolute Gasteiger partial charge is 0.190 e. The molecule has 0 aliphatic carbocycles. The van der Waals surface area contributed by atoms with Gasteiger partial charge in [0.1, 0.15) is 0 Å².